The lowest BCUT2D eigenvalue weighted by Crippen LogP contribution is -2.41. The summed E-state index contributed by atoms with van der Waals surface area (Å²) in [5.74, 6) is 0.0207. The molecule has 0 bridgehead atoms. The van der Waals surface area contributed by atoms with Crippen LogP contribution in [0.4, 0.5) is 0 Å². The minimum atomic E-state index is -0.357. The zero-order chi connectivity index (χ0) is 20.8. The van der Waals surface area contributed by atoms with E-state index in [-0.39, 0.29) is 24.2 Å². The number of aromatic nitrogens is 1. The number of para-hydroxylation sites is 1. The molecule has 1 aromatic heterocycles. The molecule has 1 saturated heterocycles. The van der Waals surface area contributed by atoms with E-state index in [1.54, 1.807) is 0 Å². The lowest BCUT2D eigenvalue weighted by atomic mass is 9.73. The quantitative estimate of drug-likeness (QED) is 0.467. The van der Waals surface area contributed by atoms with E-state index in [4.69, 9.17) is 25.9 Å². The molecule has 0 N–H and O–H groups in total. The predicted octanol–water partition coefficient (Wildman–Crippen LogP) is 6.42. The smallest absolute Gasteiger partial charge is 0.403 e. The second-order valence-corrected chi connectivity index (χ2v) is 9.35. The molecular weight excluding hydrogens is 381 g/mol. The fraction of sp³-hybridized carbons (Fsp3) is 0.375. The molecule has 1 aliphatic heterocycles. The van der Waals surface area contributed by atoms with Gasteiger partial charge in [-0.15, -0.1) is 0 Å². The average Bonchev–Trinajstić information content (AvgIpc) is 2.86. The monoisotopic (exact) mass is 407 g/mol. The minimum Gasteiger partial charge on any atom is -0.403 e. The summed E-state index contributed by atoms with van der Waals surface area (Å²) in [6.45, 7) is 10.4. The van der Waals surface area contributed by atoms with Gasteiger partial charge in [-0.25, -0.2) is 0 Å². The molecule has 29 heavy (non-hydrogen) atoms. The predicted molar refractivity (Wildman–Crippen MR) is 121 cm³/mol. The van der Waals surface area contributed by atoms with Crippen LogP contribution in [0.5, 0.6) is 0 Å². The molecule has 0 aliphatic carbocycles. The van der Waals surface area contributed by atoms with Crippen LogP contribution in [0.15, 0.2) is 54.6 Å². The third-order valence-electron chi connectivity index (χ3n) is 6.28. The van der Waals surface area contributed by atoms with Crippen LogP contribution in [0.1, 0.15) is 50.4 Å². The van der Waals surface area contributed by atoms with Crippen molar-refractivity contribution >= 4 is 29.6 Å². The van der Waals surface area contributed by atoms with Gasteiger partial charge in [0.15, 0.2) is 0 Å². The van der Waals surface area contributed by atoms with E-state index in [0.29, 0.717) is 6.32 Å². The van der Waals surface area contributed by atoms with E-state index < -0.39 is 0 Å². The molecule has 0 spiro atoms. The molecule has 5 heteroatoms. The van der Waals surface area contributed by atoms with Gasteiger partial charge >= 0.3 is 7.12 Å². The molecule has 1 unspecified atom stereocenters. The Hall–Kier alpha value is -1.88. The number of nitrogens with zero attached hydrogens (tertiary/aromatic N) is 1. The van der Waals surface area contributed by atoms with Gasteiger partial charge in [-0.1, -0.05) is 48.0 Å². The minimum absolute atomic E-state index is 0.0207. The van der Waals surface area contributed by atoms with Crippen LogP contribution in [-0.2, 0) is 9.31 Å². The molecule has 1 fully saturated rings. The van der Waals surface area contributed by atoms with Gasteiger partial charge < -0.3 is 9.31 Å². The Balaban J connectivity index is 1.75. The van der Waals surface area contributed by atoms with Gasteiger partial charge in [-0.05, 0) is 70.3 Å². The van der Waals surface area contributed by atoms with E-state index in [1.807, 2.05) is 18.2 Å². The number of fused-ring (bicyclic) bond motifs is 1. The van der Waals surface area contributed by atoms with Crippen LogP contribution in [-0.4, -0.2) is 23.3 Å². The maximum Gasteiger partial charge on any atom is 0.458 e. The summed E-state index contributed by atoms with van der Waals surface area (Å²) in [7, 11) is -0.307. The fourth-order valence-electron chi connectivity index (χ4n) is 3.91. The zero-order valence-electron chi connectivity index (χ0n) is 17.7. The molecule has 3 aromatic rings. The zero-order valence-corrected chi connectivity index (χ0v) is 18.5. The average molecular weight is 408 g/mol. The van der Waals surface area contributed by atoms with Crippen molar-refractivity contribution in [3.63, 3.8) is 0 Å². The highest BCUT2D eigenvalue weighted by Crippen LogP contribution is 2.41. The van der Waals surface area contributed by atoms with Gasteiger partial charge in [0.1, 0.15) is 0 Å². The Morgan fingerprint density at radius 2 is 1.66 bits per heavy atom. The highest BCUT2D eigenvalue weighted by Gasteiger charge is 2.51. The van der Waals surface area contributed by atoms with Crippen molar-refractivity contribution in [3.05, 3.63) is 76.4 Å². The molecule has 1 aliphatic rings. The maximum atomic E-state index is 6.32. The first kappa shape index (κ1) is 20.4. The highest BCUT2D eigenvalue weighted by atomic mass is 35.5. The first-order chi connectivity index (χ1) is 13.7. The van der Waals surface area contributed by atoms with Crippen molar-refractivity contribution in [2.45, 2.75) is 58.1 Å². The molecule has 0 amide bonds. The normalized spacial score (nSPS) is 18.9. The number of hydrogen-bond acceptors (Lipinski definition) is 3. The van der Waals surface area contributed by atoms with Crippen LogP contribution in [0, 0.1) is 6.92 Å². The Morgan fingerprint density at radius 3 is 2.34 bits per heavy atom. The van der Waals surface area contributed by atoms with Gasteiger partial charge in [0.25, 0.3) is 0 Å². The molecule has 2 heterocycles. The summed E-state index contributed by atoms with van der Waals surface area (Å²) in [6.07, 6.45) is 0.678. The van der Waals surface area contributed by atoms with E-state index >= 15 is 0 Å². The first-order valence-corrected chi connectivity index (χ1v) is 10.5. The Bertz CT molecular complexity index is 1030. The highest BCUT2D eigenvalue weighted by molar-refractivity contribution is 6.45. The van der Waals surface area contributed by atoms with Crippen molar-refractivity contribution in [1.82, 2.24) is 4.98 Å². The molecule has 0 radical (unpaired) electrons. The number of aryl methyl sites for hydroxylation is 1. The second-order valence-electron chi connectivity index (χ2n) is 8.91. The van der Waals surface area contributed by atoms with E-state index in [2.05, 4.69) is 71.0 Å². The summed E-state index contributed by atoms with van der Waals surface area (Å²) in [6, 6.07) is 18.5. The SMILES string of the molecule is Cc1cccc2ccc(C(CB3OC(C)(C)C(C)(C)O3)c3cccc(Cl)c3)nc12. The number of rotatable bonds is 4. The number of halogens is 1. The molecular formula is C24H27BClNO2. The van der Waals surface area contributed by atoms with Gasteiger partial charge in [-0.2, -0.15) is 0 Å². The lowest BCUT2D eigenvalue weighted by molar-refractivity contribution is 0.00578. The largest absolute Gasteiger partial charge is 0.458 e. The molecule has 4 rings (SSSR count). The van der Waals surface area contributed by atoms with Crippen molar-refractivity contribution in [3.8, 4) is 0 Å². The van der Waals surface area contributed by atoms with Crippen molar-refractivity contribution in [1.29, 1.82) is 0 Å². The van der Waals surface area contributed by atoms with Crippen LogP contribution in [0.2, 0.25) is 11.3 Å². The van der Waals surface area contributed by atoms with E-state index in [1.165, 1.54) is 5.56 Å². The molecule has 2 aromatic carbocycles. The van der Waals surface area contributed by atoms with Gasteiger partial charge in [0.05, 0.1) is 16.7 Å². The fourth-order valence-corrected chi connectivity index (χ4v) is 4.11. The lowest BCUT2D eigenvalue weighted by Gasteiger charge is -2.32. The van der Waals surface area contributed by atoms with Crippen LogP contribution >= 0.6 is 11.6 Å². The van der Waals surface area contributed by atoms with E-state index in [0.717, 1.165) is 27.2 Å². The third kappa shape index (κ3) is 3.94. The van der Waals surface area contributed by atoms with Crippen LogP contribution in [0.25, 0.3) is 10.9 Å². The second kappa shape index (κ2) is 7.43. The standard InChI is InChI=1S/C24H27BClNO2/c1-16-8-6-9-17-12-13-21(27-22(16)17)20(18-10-7-11-19(26)14-18)15-25-28-23(2,3)24(4,5)29-25/h6-14,20H,15H2,1-5H3. The van der Waals surface area contributed by atoms with Crippen molar-refractivity contribution in [2.75, 3.05) is 0 Å². The first-order valence-electron chi connectivity index (χ1n) is 10.1. The topological polar surface area (TPSA) is 31.4 Å². The van der Waals surface area contributed by atoms with Crippen molar-refractivity contribution < 1.29 is 9.31 Å². The molecule has 1 atom stereocenters. The van der Waals surface area contributed by atoms with Crippen LogP contribution < -0.4 is 0 Å². The number of hydrogen-bond donors (Lipinski definition) is 0. The van der Waals surface area contributed by atoms with Gasteiger partial charge in [0, 0.05) is 22.0 Å². The Labute approximate surface area is 178 Å². The Kier molecular flexibility index (Phi) is 5.22. The van der Waals surface area contributed by atoms with Gasteiger partial charge in [0.2, 0.25) is 0 Å². The third-order valence-corrected chi connectivity index (χ3v) is 6.52. The summed E-state index contributed by atoms with van der Waals surface area (Å²) >= 11 is 6.32. The Morgan fingerprint density at radius 1 is 0.966 bits per heavy atom. The molecule has 150 valence electrons. The number of benzene rings is 2. The van der Waals surface area contributed by atoms with Gasteiger partial charge in [-0.3, -0.25) is 4.98 Å². The summed E-state index contributed by atoms with van der Waals surface area (Å²) < 4.78 is 12.6. The summed E-state index contributed by atoms with van der Waals surface area (Å²) in [5, 5.41) is 1.87. The summed E-state index contributed by atoms with van der Waals surface area (Å²) in [4.78, 5) is 5.04. The van der Waals surface area contributed by atoms with E-state index in [9.17, 15) is 0 Å². The maximum absolute atomic E-state index is 6.32. The molecule has 0 saturated carbocycles. The van der Waals surface area contributed by atoms with Crippen molar-refractivity contribution in [2.24, 2.45) is 0 Å². The summed E-state index contributed by atoms with van der Waals surface area (Å²) in [5.41, 5.74) is 3.61. The number of pyridine rings is 1. The van der Waals surface area contributed by atoms with Crippen LogP contribution in [0.3, 0.4) is 0 Å². The molecule has 3 nitrogen and oxygen atoms in total.